The lowest BCUT2D eigenvalue weighted by atomic mass is 10.1. The number of hydrogen-bond donors (Lipinski definition) is 1. The number of carboxylic acid groups (broad SMARTS) is 1. The van der Waals surface area contributed by atoms with Gasteiger partial charge in [-0.1, -0.05) is 25.5 Å². The molecule has 0 radical (unpaired) electrons. The molecule has 1 aliphatic rings. The van der Waals surface area contributed by atoms with E-state index in [0.29, 0.717) is 30.2 Å². The number of ether oxygens (including phenoxy) is 1. The van der Waals surface area contributed by atoms with E-state index < -0.39 is 22.8 Å². The number of fused-ring (bicyclic) bond motifs is 1. The number of benzene rings is 2. The molecule has 0 bridgehead atoms. The molecule has 36 heavy (non-hydrogen) atoms. The number of nitrogens with zero attached hydrogens (tertiary/aromatic N) is 4. The minimum Gasteiger partial charge on any atom is -0.492 e. The van der Waals surface area contributed by atoms with Crippen LogP contribution in [0.15, 0.2) is 59.8 Å². The number of carboxylic acids is 1. The van der Waals surface area contributed by atoms with Gasteiger partial charge in [0.15, 0.2) is 11.6 Å². The molecular formula is C27H27FN4O4. The van der Waals surface area contributed by atoms with E-state index in [-0.39, 0.29) is 17.7 Å². The van der Waals surface area contributed by atoms with Gasteiger partial charge >= 0.3 is 5.97 Å². The van der Waals surface area contributed by atoms with Crippen LogP contribution in [0.3, 0.4) is 0 Å². The fraction of sp³-hybridized carbons (Fsp3) is 0.296. The highest BCUT2D eigenvalue weighted by Gasteiger charge is 2.29. The zero-order valence-corrected chi connectivity index (χ0v) is 20.1. The van der Waals surface area contributed by atoms with Gasteiger partial charge in [-0.15, -0.1) is 0 Å². The molecule has 0 unspecified atom stereocenters. The van der Waals surface area contributed by atoms with Gasteiger partial charge in [-0.3, -0.25) is 4.79 Å². The van der Waals surface area contributed by atoms with Crippen molar-refractivity contribution in [2.45, 2.75) is 26.3 Å². The van der Waals surface area contributed by atoms with Crippen LogP contribution in [-0.4, -0.2) is 45.6 Å². The Morgan fingerprint density at radius 3 is 2.67 bits per heavy atom. The summed E-state index contributed by atoms with van der Waals surface area (Å²) in [7, 11) is 1.45. The SMILES string of the molecule is CC[C@@H]1CCN(c2c(F)cc3c(=O)c(C(=O)O)cn(Cc4ccc(-n5cccn5)cc4)c3c2OC)C1. The number of halogens is 1. The maximum atomic E-state index is 15.5. The highest BCUT2D eigenvalue weighted by molar-refractivity contribution is 5.97. The van der Waals surface area contributed by atoms with Crippen LogP contribution in [0.1, 0.15) is 35.7 Å². The normalized spacial score (nSPS) is 15.5. The number of hydrogen-bond acceptors (Lipinski definition) is 5. The van der Waals surface area contributed by atoms with Crippen molar-refractivity contribution in [2.24, 2.45) is 5.92 Å². The van der Waals surface area contributed by atoms with E-state index in [2.05, 4.69) is 12.0 Å². The van der Waals surface area contributed by atoms with Crippen molar-refractivity contribution in [3.63, 3.8) is 0 Å². The first-order valence-electron chi connectivity index (χ1n) is 11.9. The molecule has 1 saturated heterocycles. The van der Waals surface area contributed by atoms with Crippen LogP contribution in [0.5, 0.6) is 5.75 Å². The molecule has 0 spiro atoms. The van der Waals surface area contributed by atoms with E-state index in [4.69, 9.17) is 4.74 Å². The predicted octanol–water partition coefficient (Wildman–Crippen LogP) is 4.32. The molecule has 1 fully saturated rings. The second kappa shape index (κ2) is 9.49. The van der Waals surface area contributed by atoms with E-state index in [9.17, 15) is 14.7 Å². The quantitative estimate of drug-likeness (QED) is 0.415. The van der Waals surface area contributed by atoms with Gasteiger partial charge < -0.3 is 19.3 Å². The average molecular weight is 491 g/mol. The molecule has 0 saturated carbocycles. The highest BCUT2D eigenvalue weighted by atomic mass is 19.1. The molecule has 0 aliphatic carbocycles. The summed E-state index contributed by atoms with van der Waals surface area (Å²) in [6.45, 7) is 3.76. The summed E-state index contributed by atoms with van der Waals surface area (Å²) in [6, 6.07) is 10.6. The number of methoxy groups -OCH3 is 1. The molecule has 2 aromatic heterocycles. The van der Waals surface area contributed by atoms with E-state index in [0.717, 1.165) is 30.2 Å². The van der Waals surface area contributed by atoms with Crippen molar-refractivity contribution >= 4 is 22.6 Å². The number of pyridine rings is 1. The number of rotatable bonds is 7. The second-order valence-electron chi connectivity index (χ2n) is 9.07. The minimum absolute atomic E-state index is 0.0209. The second-order valence-corrected chi connectivity index (χ2v) is 9.07. The number of aromatic carboxylic acids is 1. The van der Waals surface area contributed by atoms with Crippen molar-refractivity contribution < 1.29 is 19.0 Å². The lowest BCUT2D eigenvalue weighted by Crippen LogP contribution is -2.24. The minimum atomic E-state index is -1.36. The molecule has 1 aliphatic heterocycles. The van der Waals surface area contributed by atoms with Gasteiger partial charge in [0.1, 0.15) is 11.3 Å². The Kier molecular flexibility index (Phi) is 6.22. The Bertz CT molecular complexity index is 1480. The van der Waals surface area contributed by atoms with Crippen molar-refractivity contribution in [2.75, 3.05) is 25.1 Å². The van der Waals surface area contributed by atoms with E-state index >= 15 is 4.39 Å². The van der Waals surface area contributed by atoms with Gasteiger partial charge in [0, 0.05) is 38.2 Å². The summed E-state index contributed by atoms with van der Waals surface area (Å²) in [4.78, 5) is 26.9. The van der Waals surface area contributed by atoms with Gasteiger partial charge in [0.25, 0.3) is 0 Å². The van der Waals surface area contributed by atoms with Gasteiger partial charge in [-0.2, -0.15) is 5.10 Å². The lowest BCUT2D eigenvalue weighted by molar-refractivity contribution is 0.0695. The first-order chi connectivity index (χ1) is 17.4. The van der Waals surface area contributed by atoms with Crippen molar-refractivity contribution in [1.29, 1.82) is 0 Å². The zero-order chi connectivity index (χ0) is 25.4. The van der Waals surface area contributed by atoms with Gasteiger partial charge in [-0.25, -0.2) is 13.9 Å². The zero-order valence-electron chi connectivity index (χ0n) is 20.1. The van der Waals surface area contributed by atoms with E-state index in [1.165, 1.54) is 13.3 Å². The molecule has 4 aromatic rings. The summed E-state index contributed by atoms with van der Waals surface area (Å²) >= 11 is 0. The van der Waals surface area contributed by atoms with Crippen LogP contribution in [0.25, 0.3) is 16.6 Å². The largest absolute Gasteiger partial charge is 0.492 e. The molecule has 1 N–H and O–H groups in total. The lowest BCUT2D eigenvalue weighted by Gasteiger charge is -2.25. The van der Waals surface area contributed by atoms with Crippen molar-refractivity contribution in [3.8, 4) is 11.4 Å². The molecule has 8 nitrogen and oxygen atoms in total. The molecule has 3 heterocycles. The molecule has 186 valence electrons. The van der Waals surface area contributed by atoms with E-state index in [1.54, 1.807) is 15.4 Å². The molecule has 1 atom stereocenters. The third-order valence-electron chi connectivity index (χ3n) is 6.92. The number of carbonyl (C=O) groups is 1. The van der Waals surface area contributed by atoms with Crippen molar-refractivity contribution in [1.82, 2.24) is 14.3 Å². The maximum absolute atomic E-state index is 15.5. The Morgan fingerprint density at radius 2 is 2.06 bits per heavy atom. The summed E-state index contributed by atoms with van der Waals surface area (Å²) in [5.74, 6) is -1.26. The van der Waals surface area contributed by atoms with Gasteiger partial charge in [0.2, 0.25) is 5.43 Å². The molecule has 2 aromatic carbocycles. The summed E-state index contributed by atoms with van der Waals surface area (Å²) < 4.78 is 24.6. The van der Waals surface area contributed by atoms with Crippen LogP contribution < -0.4 is 15.1 Å². The van der Waals surface area contributed by atoms with Gasteiger partial charge in [-0.05, 0) is 42.2 Å². The third kappa shape index (κ3) is 4.10. The first-order valence-corrected chi connectivity index (χ1v) is 11.9. The molecule has 0 amide bonds. The van der Waals surface area contributed by atoms with Crippen LogP contribution in [0.2, 0.25) is 0 Å². The van der Waals surface area contributed by atoms with Crippen LogP contribution in [-0.2, 0) is 6.54 Å². The van der Waals surface area contributed by atoms with Crippen molar-refractivity contribution in [3.05, 3.63) is 82.2 Å². The van der Waals surface area contributed by atoms with Crippen LogP contribution in [0.4, 0.5) is 10.1 Å². The monoisotopic (exact) mass is 490 g/mol. The topological polar surface area (TPSA) is 89.6 Å². The highest BCUT2D eigenvalue weighted by Crippen LogP contribution is 2.40. The summed E-state index contributed by atoms with van der Waals surface area (Å²) in [6.07, 6.45) is 6.79. The van der Waals surface area contributed by atoms with Crippen LogP contribution >= 0.6 is 0 Å². The smallest absolute Gasteiger partial charge is 0.341 e. The Hall–Kier alpha value is -4.14. The Morgan fingerprint density at radius 1 is 1.28 bits per heavy atom. The Labute approximate surface area is 207 Å². The maximum Gasteiger partial charge on any atom is 0.341 e. The Balaban J connectivity index is 1.67. The fourth-order valence-corrected chi connectivity index (χ4v) is 5.00. The summed E-state index contributed by atoms with van der Waals surface area (Å²) in [5, 5.41) is 13.9. The molecule has 5 rings (SSSR count). The van der Waals surface area contributed by atoms with Gasteiger partial charge in [0.05, 0.1) is 23.7 Å². The fourth-order valence-electron chi connectivity index (χ4n) is 5.00. The summed E-state index contributed by atoms with van der Waals surface area (Å²) in [5.41, 5.74) is 1.27. The number of aromatic nitrogens is 3. The first kappa shape index (κ1) is 23.6. The third-order valence-corrected chi connectivity index (χ3v) is 6.92. The predicted molar refractivity (Wildman–Crippen MR) is 135 cm³/mol. The number of anilines is 1. The molecule has 9 heteroatoms. The van der Waals surface area contributed by atoms with Crippen LogP contribution in [0, 0.1) is 11.7 Å². The standard InChI is InChI=1S/C27H27FN4O4/c1-3-17-9-12-30(14-17)24-22(28)13-20-23(26(24)36-2)31(16-21(25(20)33)27(34)35)15-18-5-7-19(8-6-18)32-11-4-10-29-32/h4-8,10-11,13,16-17H,3,9,12,14-15H2,1-2H3,(H,34,35)/t17-/m1/s1. The molecular weight excluding hydrogens is 463 g/mol. The average Bonchev–Trinajstić information content (AvgIpc) is 3.58. The van der Waals surface area contributed by atoms with E-state index in [1.807, 2.05) is 41.4 Å².